The van der Waals surface area contributed by atoms with Crippen LogP contribution in [0.25, 0.3) is 0 Å². The topological polar surface area (TPSA) is 98.9 Å². The molecule has 1 aliphatic carbocycles. The van der Waals surface area contributed by atoms with E-state index in [4.69, 9.17) is 4.74 Å². The minimum absolute atomic E-state index is 0.0200. The van der Waals surface area contributed by atoms with E-state index in [0.717, 1.165) is 24.1 Å². The Balaban J connectivity index is 1.87. The van der Waals surface area contributed by atoms with Gasteiger partial charge in [0.2, 0.25) is 0 Å². The van der Waals surface area contributed by atoms with E-state index < -0.39 is 22.7 Å². The molecule has 1 aromatic carbocycles. The van der Waals surface area contributed by atoms with Gasteiger partial charge < -0.3 is 4.74 Å². The van der Waals surface area contributed by atoms with Crippen LogP contribution < -0.4 is 0 Å². The predicted molar refractivity (Wildman–Crippen MR) is 88.3 cm³/mol. The van der Waals surface area contributed by atoms with Gasteiger partial charge in [-0.3, -0.25) is 19.9 Å². The molecule has 0 N–H and O–H groups in total. The molecule has 1 fully saturated rings. The first-order chi connectivity index (χ1) is 12.0. The molecule has 2 unspecified atom stereocenters. The third-order valence-corrected chi connectivity index (χ3v) is 5.13. The molecule has 0 saturated heterocycles. The van der Waals surface area contributed by atoms with Crippen molar-refractivity contribution in [2.75, 3.05) is 6.61 Å². The molecule has 0 radical (unpaired) electrons. The first-order valence-corrected chi connectivity index (χ1v) is 8.22. The Hall–Kier alpha value is -2.83. The standard InChI is InChI=1S/C18H16N2O5/c1-9-7-10(5-6-13(9)20(23)24)15-16-11(3-2-4-14(16)21)19-12-8-25-18(22)17(12)15/h5-7,15-16H,2-4,8H2,1H3. The molecule has 7 nitrogen and oxygen atoms in total. The number of aryl methyl sites for hydroxylation is 1. The van der Waals surface area contributed by atoms with Crippen LogP contribution in [-0.2, 0) is 14.3 Å². The van der Waals surface area contributed by atoms with E-state index in [1.54, 1.807) is 19.1 Å². The Labute approximate surface area is 143 Å². The molecule has 2 aliphatic heterocycles. The first-order valence-electron chi connectivity index (χ1n) is 8.22. The van der Waals surface area contributed by atoms with Gasteiger partial charge in [-0.1, -0.05) is 6.07 Å². The summed E-state index contributed by atoms with van der Waals surface area (Å²) in [6, 6.07) is 4.77. The maximum Gasteiger partial charge on any atom is 0.337 e. The number of benzene rings is 1. The molecule has 1 aromatic rings. The fraction of sp³-hybridized carbons (Fsp3) is 0.389. The number of hydrogen-bond acceptors (Lipinski definition) is 6. The van der Waals surface area contributed by atoms with Crippen molar-refractivity contribution >= 4 is 23.2 Å². The third kappa shape index (κ3) is 2.38. The lowest BCUT2D eigenvalue weighted by atomic mass is 9.69. The summed E-state index contributed by atoms with van der Waals surface area (Å²) in [5.41, 5.74) is 3.07. The van der Waals surface area contributed by atoms with Crippen LogP contribution in [0.5, 0.6) is 0 Å². The van der Waals surface area contributed by atoms with Crippen LogP contribution in [0.1, 0.15) is 36.3 Å². The minimum atomic E-state index is -0.473. The molecule has 3 aliphatic rings. The molecule has 0 aromatic heterocycles. The van der Waals surface area contributed by atoms with E-state index in [9.17, 15) is 19.7 Å². The molecule has 7 heteroatoms. The summed E-state index contributed by atoms with van der Waals surface area (Å²) < 4.78 is 5.15. The summed E-state index contributed by atoms with van der Waals surface area (Å²) in [6.45, 7) is 1.78. The average molecular weight is 340 g/mol. The van der Waals surface area contributed by atoms with E-state index in [1.807, 2.05) is 0 Å². The van der Waals surface area contributed by atoms with Gasteiger partial charge in [-0.25, -0.2) is 4.79 Å². The van der Waals surface area contributed by atoms with Crippen molar-refractivity contribution in [3.63, 3.8) is 0 Å². The van der Waals surface area contributed by atoms with Crippen molar-refractivity contribution in [2.45, 2.75) is 32.1 Å². The van der Waals surface area contributed by atoms with Crippen LogP contribution in [-0.4, -0.2) is 29.0 Å². The molecular formula is C18H16N2O5. The van der Waals surface area contributed by atoms with Crippen molar-refractivity contribution < 1.29 is 19.2 Å². The van der Waals surface area contributed by atoms with Crippen LogP contribution in [0.15, 0.2) is 34.5 Å². The Morgan fingerprint density at radius 3 is 2.76 bits per heavy atom. The van der Waals surface area contributed by atoms with Crippen LogP contribution >= 0.6 is 0 Å². The monoisotopic (exact) mass is 340 g/mol. The van der Waals surface area contributed by atoms with Crippen LogP contribution in [0.2, 0.25) is 0 Å². The van der Waals surface area contributed by atoms with Crippen molar-refractivity contribution in [3.05, 3.63) is 50.7 Å². The highest BCUT2D eigenvalue weighted by atomic mass is 16.6. The molecule has 4 rings (SSSR count). The van der Waals surface area contributed by atoms with E-state index in [1.165, 1.54) is 6.07 Å². The predicted octanol–water partition coefficient (Wildman–Crippen LogP) is 2.62. The number of nitro benzene ring substituents is 1. The molecule has 128 valence electrons. The number of Topliss-reactive ketones (excluding diaryl/α,β-unsaturated/α-hetero) is 1. The Bertz CT molecular complexity index is 883. The summed E-state index contributed by atoms with van der Waals surface area (Å²) in [4.78, 5) is 40.0. The van der Waals surface area contributed by atoms with Gasteiger partial charge in [0, 0.05) is 29.7 Å². The summed E-state index contributed by atoms with van der Waals surface area (Å²) in [5, 5.41) is 11.1. The molecule has 25 heavy (non-hydrogen) atoms. The number of rotatable bonds is 2. The number of carbonyl (C=O) groups is 2. The lowest BCUT2D eigenvalue weighted by Crippen LogP contribution is -2.38. The summed E-state index contributed by atoms with van der Waals surface area (Å²) in [6.07, 6.45) is 1.95. The summed E-state index contributed by atoms with van der Waals surface area (Å²) in [7, 11) is 0. The van der Waals surface area contributed by atoms with E-state index in [0.29, 0.717) is 23.3 Å². The summed E-state index contributed by atoms with van der Waals surface area (Å²) in [5.74, 6) is -1.32. The van der Waals surface area contributed by atoms with E-state index in [-0.39, 0.29) is 18.1 Å². The fourth-order valence-corrected chi connectivity index (χ4v) is 4.03. The number of aliphatic imine (C=N–C) groups is 1. The van der Waals surface area contributed by atoms with E-state index >= 15 is 0 Å². The fourth-order valence-electron chi connectivity index (χ4n) is 4.03. The van der Waals surface area contributed by atoms with Gasteiger partial charge in [-0.2, -0.15) is 0 Å². The Morgan fingerprint density at radius 1 is 1.24 bits per heavy atom. The van der Waals surface area contributed by atoms with Crippen molar-refractivity contribution in [3.8, 4) is 0 Å². The number of cyclic esters (lactones) is 1. The van der Waals surface area contributed by atoms with Gasteiger partial charge in [0.25, 0.3) is 5.69 Å². The minimum Gasteiger partial charge on any atom is -0.456 e. The number of fused-ring (bicyclic) bond motifs is 1. The maximum absolute atomic E-state index is 12.6. The van der Waals surface area contributed by atoms with E-state index in [2.05, 4.69) is 4.99 Å². The molecule has 1 saturated carbocycles. The zero-order chi connectivity index (χ0) is 17.7. The SMILES string of the molecule is Cc1cc(C2C3=C(COC3=O)N=C3CCCC(=O)C32)ccc1[N+](=O)[O-]. The van der Waals surface area contributed by atoms with Gasteiger partial charge in [-0.05, 0) is 31.4 Å². The lowest BCUT2D eigenvalue weighted by Gasteiger charge is -2.33. The van der Waals surface area contributed by atoms with Gasteiger partial charge in [0.15, 0.2) is 0 Å². The molecular weight excluding hydrogens is 324 g/mol. The Morgan fingerprint density at radius 2 is 2.04 bits per heavy atom. The lowest BCUT2D eigenvalue weighted by molar-refractivity contribution is -0.385. The second-order valence-electron chi connectivity index (χ2n) is 6.62. The zero-order valence-corrected chi connectivity index (χ0v) is 13.7. The largest absolute Gasteiger partial charge is 0.456 e. The number of carbonyl (C=O) groups excluding carboxylic acids is 2. The van der Waals surface area contributed by atoms with Gasteiger partial charge in [0.05, 0.1) is 22.1 Å². The highest BCUT2D eigenvalue weighted by Crippen LogP contribution is 2.45. The summed E-state index contributed by atoms with van der Waals surface area (Å²) >= 11 is 0. The van der Waals surface area contributed by atoms with Gasteiger partial charge >= 0.3 is 5.97 Å². The quantitative estimate of drug-likeness (QED) is 0.468. The van der Waals surface area contributed by atoms with Crippen LogP contribution in [0, 0.1) is 23.0 Å². The first kappa shape index (κ1) is 15.7. The number of nitro groups is 1. The number of ketones is 1. The second-order valence-corrected chi connectivity index (χ2v) is 6.62. The highest BCUT2D eigenvalue weighted by molar-refractivity contribution is 6.12. The van der Waals surface area contributed by atoms with Crippen molar-refractivity contribution in [1.29, 1.82) is 0 Å². The zero-order valence-electron chi connectivity index (χ0n) is 13.7. The number of ether oxygens (including phenoxy) is 1. The second kappa shape index (κ2) is 5.61. The van der Waals surface area contributed by atoms with Crippen LogP contribution in [0.3, 0.4) is 0 Å². The van der Waals surface area contributed by atoms with Gasteiger partial charge in [-0.15, -0.1) is 0 Å². The molecule has 0 amide bonds. The third-order valence-electron chi connectivity index (χ3n) is 5.13. The molecule has 2 heterocycles. The van der Waals surface area contributed by atoms with Crippen molar-refractivity contribution in [2.24, 2.45) is 10.9 Å². The Kier molecular flexibility index (Phi) is 3.52. The molecule has 0 bridgehead atoms. The maximum atomic E-state index is 12.6. The highest BCUT2D eigenvalue weighted by Gasteiger charge is 2.46. The number of esters is 1. The number of hydrogen-bond donors (Lipinski definition) is 0. The number of nitrogens with zero attached hydrogens (tertiary/aromatic N) is 2. The van der Waals surface area contributed by atoms with Crippen molar-refractivity contribution in [1.82, 2.24) is 0 Å². The average Bonchev–Trinajstić information content (AvgIpc) is 2.94. The molecule has 0 spiro atoms. The van der Waals surface area contributed by atoms with Crippen LogP contribution in [0.4, 0.5) is 5.69 Å². The molecule has 2 atom stereocenters. The van der Waals surface area contributed by atoms with Gasteiger partial charge in [0.1, 0.15) is 12.4 Å². The normalized spacial score (nSPS) is 25.2. The smallest absolute Gasteiger partial charge is 0.337 e.